The molecule has 3 heterocycles. The number of hydrogen-bond donors (Lipinski definition) is 1. The van der Waals surface area contributed by atoms with Crippen molar-refractivity contribution in [3.63, 3.8) is 0 Å². The third kappa shape index (κ3) is 2.71. The third-order valence-corrected chi connectivity index (χ3v) is 3.22. The molecule has 0 bridgehead atoms. The molecule has 8 nitrogen and oxygen atoms in total. The molecule has 112 valence electrons. The van der Waals surface area contributed by atoms with Crippen LogP contribution in [0, 0.1) is 0 Å². The summed E-state index contributed by atoms with van der Waals surface area (Å²) in [5.74, 6) is -0.280. The Morgan fingerprint density at radius 3 is 2.95 bits per heavy atom. The second kappa shape index (κ2) is 5.76. The minimum Gasteiger partial charge on any atom is -0.349 e. The normalized spacial score (nSPS) is 10.8. The van der Waals surface area contributed by atoms with Crippen molar-refractivity contribution in [2.45, 2.75) is 13.1 Å². The lowest BCUT2D eigenvalue weighted by Crippen LogP contribution is -2.32. The third-order valence-electron chi connectivity index (χ3n) is 3.22. The zero-order valence-electron chi connectivity index (χ0n) is 11.9. The number of fused-ring (bicyclic) bond motifs is 1. The molecule has 0 saturated carbocycles. The van der Waals surface area contributed by atoms with Crippen molar-refractivity contribution in [2.24, 2.45) is 7.05 Å². The van der Waals surface area contributed by atoms with Gasteiger partial charge < -0.3 is 5.32 Å². The molecule has 0 aliphatic rings. The number of pyridine rings is 1. The topological polar surface area (TPSA) is 94.7 Å². The quantitative estimate of drug-likeness (QED) is 0.722. The Balaban J connectivity index is 1.71. The molecule has 0 aliphatic heterocycles. The van der Waals surface area contributed by atoms with E-state index in [2.05, 4.69) is 20.4 Å². The molecule has 8 heteroatoms. The summed E-state index contributed by atoms with van der Waals surface area (Å²) in [6.45, 7) is 0.223. The van der Waals surface area contributed by atoms with Crippen LogP contribution in [0.5, 0.6) is 0 Å². The predicted molar refractivity (Wildman–Crippen MR) is 78.9 cm³/mol. The van der Waals surface area contributed by atoms with Crippen molar-refractivity contribution in [3.05, 3.63) is 53.0 Å². The van der Waals surface area contributed by atoms with E-state index in [9.17, 15) is 9.59 Å². The van der Waals surface area contributed by atoms with E-state index in [-0.39, 0.29) is 18.0 Å². The van der Waals surface area contributed by atoms with Gasteiger partial charge in [-0.25, -0.2) is 4.98 Å². The number of aryl methyl sites for hydroxylation is 1. The Kier molecular flexibility index (Phi) is 3.65. The first kappa shape index (κ1) is 13.9. The van der Waals surface area contributed by atoms with Gasteiger partial charge in [-0.1, -0.05) is 6.07 Å². The van der Waals surface area contributed by atoms with Crippen LogP contribution < -0.4 is 10.9 Å². The molecule has 0 atom stereocenters. The van der Waals surface area contributed by atoms with Crippen LogP contribution in [0.25, 0.3) is 11.0 Å². The number of amides is 1. The standard InChI is InChI=1S/C14H14N6O2/c1-19-13-11(7-18-19)14(22)20(9-17-13)8-12(21)16-6-10-4-2-3-5-15-10/h2-5,7,9H,6,8H2,1H3,(H,16,21). The highest BCUT2D eigenvalue weighted by Gasteiger charge is 2.10. The Bertz CT molecular complexity index is 868. The van der Waals surface area contributed by atoms with E-state index in [1.54, 1.807) is 19.3 Å². The zero-order chi connectivity index (χ0) is 15.5. The van der Waals surface area contributed by atoms with Crippen molar-refractivity contribution in [1.29, 1.82) is 0 Å². The molecule has 0 unspecified atom stereocenters. The van der Waals surface area contributed by atoms with E-state index in [4.69, 9.17) is 0 Å². The lowest BCUT2D eigenvalue weighted by Gasteiger charge is -2.07. The summed E-state index contributed by atoms with van der Waals surface area (Å²) in [6.07, 6.45) is 4.46. The number of hydrogen-bond acceptors (Lipinski definition) is 5. The molecular formula is C14H14N6O2. The first-order valence-corrected chi connectivity index (χ1v) is 6.69. The summed E-state index contributed by atoms with van der Waals surface area (Å²) >= 11 is 0. The van der Waals surface area contributed by atoms with Gasteiger partial charge in [0.05, 0.1) is 18.4 Å². The second-order valence-electron chi connectivity index (χ2n) is 4.78. The molecule has 1 amide bonds. The first-order chi connectivity index (χ1) is 10.6. The molecule has 0 fully saturated rings. The number of aromatic nitrogens is 5. The summed E-state index contributed by atoms with van der Waals surface area (Å²) in [5.41, 5.74) is 0.963. The Morgan fingerprint density at radius 2 is 2.18 bits per heavy atom. The van der Waals surface area contributed by atoms with Gasteiger partial charge in [0.2, 0.25) is 5.91 Å². The fourth-order valence-electron chi connectivity index (χ4n) is 2.08. The minimum atomic E-state index is -0.286. The smallest absolute Gasteiger partial charge is 0.264 e. The van der Waals surface area contributed by atoms with Gasteiger partial charge in [-0.15, -0.1) is 0 Å². The van der Waals surface area contributed by atoms with E-state index in [1.165, 1.54) is 21.8 Å². The number of carbonyl (C=O) groups is 1. The highest BCUT2D eigenvalue weighted by atomic mass is 16.2. The van der Waals surface area contributed by atoms with Crippen molar-refractivity contribution in [2.75, 3.05) is 0 Å². The molecule has 0 aromatic carbocycles. The largest absolute Gasteiger partial charge is 0.349 e. The summed E-state index contributed by atoms with van der Waals surface area (Å²) in [7, 11) is 1.71. The van der Waals surface area contributed by atoms with Crippen LogP contribution in [0.4, 0.5) is 0 Å². The van der Waals surface area contributed by atoms with Crippen LogP contribution in [-0.4, -0.2) is 30.2 Å². The molecule has 1 N–H and O–H groups in total. The molecule has 22 heavy (non-hydrogen) atoms. The van der Waals surface area contributed by atoms with Crippen molar-refractivity contribution < 1.29 is 4.79 Å². The van der Waals surface area contributed by atoms with E-state index >= 15 is 0 Å². The Morgan fingerprint density at radius 1 is 1.32 bits per heavy atom. The SMILES string of the molecule is Cn1ncc2c(=O)n(CC(=O)NCc3ccccn3)cnc21. The molecule has 0 spiro atoms. The molecule has 0 saturated heterocycles. The maximum atomic E-state index is 12.2. The molecule has 0 radical (unpaired) electrons. The molecule has 0 aliphatic carbocycles. The van der Waals surface area contributed by atoms with Gasteiger partial charge in [0, 0.05) is 13.2 Å². The Labute approximate surface area is 125 Å². The molecular weight excluding hydrogens is 284 g/mol. The minimum absolute atomic E-state index is 0.0937. The fraction of sp³-hybridized carbons (Fsp3) is 0.214. The van der Waals surface area contributed by atoms with Gasteiger partial charge in [0.1, 0.15) is 18.3 Å². The van der Waals surface area contributed by atoms with Crippen LogP contribution in [0.1, 0.15) is 5.69 Å². The van der Waals surface area contributed by atoms with Crippen LogP contribution in [-0.2, 0) is 24.9 Å². The first-order valence-electron chi connectivity index (χ1n) is 6.69. The monoisotopic (exact) mass is 298 g/mol. The number of carbonyl (C=O) groups excluding carboxylic acids is 1. The number of nitrogens with one attached hydrogen (secondary N) is 1. The maximum Gasteiger partial charge on any atom is 0.264 e. The van der Waals surface area contributed by atoms with Gasteiger partial charge in [-0.05, 0) is 12.1 Å². The average molecular weight is 298 g/mol. The van der Waals surface area contributed by atoms with Crippen LogP contribution in [0.2, 0.25) is 0 Å². The summed E-state index contributed by atoms with van der Waals surface area (Å²) in [4.78, 5) is 32.4. The van der Waals surface area contributed by atoms with E-state index in [0.717, 1.165) is 5.69 Å². The van der Waals surface area contributed by atoms with Crippen molar-refractivity contribution >= 4 is 16.9 Å². The fourth-order valence-corrected chi connectivity index (χ4v) is 2.08. The zero-order valence-corrected chi connectivity index (χ0v) is 11.9. The predicted octanol–water partition coefficient (Wildman–Crippen LogP) is -0.159. The lowest BCUT2D eigenvalue weighted by molar-refractivity contribution is -0.121. The van der Waals surface area contributed by atoms with Gasteiger partial charge in [0.25, 0.3) is 5.56 Å². The molecule has 3 aromatic rings. The summed E-state index contributed by atoms with van der Waals surface area (Å²) < 4.78 is 2.78. The lowest BCUT2D eigenvalue weighted by atomic mass is 10.3. The van der Waals surface area contributed by atoms with Gasteiger partial charge in [0.15, 0.2) is 5.65 Å². The maximum absolute atomic E-state index is 12.2. The van der Waals surface area contributed by atoms with E-state index in [0.29, 0.717) is 17.6 Å². The number of nitrogens with zero attached hydrogens (tertiary/aromatic N) is 5. The van der Waals surface area contributed by atoms with Crippen LogP contribution in [0.3, 0.4) is 0 Å². The van der Waals surface area contributed by atoms with Gasteiger partial charge >= 0.3 is 0 Å². The molecule has 3 aromatic heterocycles. The van der Waals surface area contributed by atoms with Crippen molar-refractivity contribution in [3.8, 4) is 0 Å². The summed E-state index contributed by atoms with van der Waals surface area (Å²) in [6, 6.07) is 5.47. The summed E-state index contributed by atoms with van der Waals surface area (Å²) in [5, 5.41) is 7.09. The van der Waals surface area contributed by atoms with Crippen LogP contribution >= 0.6 is 0 Å². The number of rotatable bonds is 4. The van der Waals surface area contributed by atoms with Gasteiger partial charge in [-0.2, -0.15) is 5.10 Å². The van der Waals surface area contributed by atoms with E-state index in [1.807, 2.05) is 12.1 Å². The Hall–Kier alpha value is -3.03. The average Bonchev–Trinajstić information content (AvgIpc) is 2.91. The van der Waals surface area contributed by atoms with Crippen LogP contribution in [0.15, 0.2) is 41.7 Å². The van der Waals surface area contributed by atoms with E-state index < -0.39 is 0 Å². The molecule has 3 rings (SSSR count). The van der Waals surface area contributed by atoms with Crippen molar-refractivity contribution in [1.82, 2.24) is 29.6 Å². The highest BCUT2D eigenvalue weighted by Crippen LogP contribution is 2.02. The highest BCUT2D eigenvalue weighted by molar-refractivity contribution is 5.77. The van der Waals surface area contributed by atoms with Gasteiger partial charge in [-0.3, -0.25) is 23.8 Å². The second-order valence-corrected chi connectivity index (χ2v) is 4.78.